The van der Waals surface area contributed by atoms with Gasteiger partial charge < -0.3 is 10.2 Å². The number of carbonyl (C=O) groups is 1. The van der Waals surface area contributed by atoms with Crippen LogP contribution in [-0.4, -0.2) is 52.0 Å². The number of phenols is 1. The van der Waals surface area contributed by atoms with Crippen LogP contribution in [0.2, 0.25) is 0 Å². The van der Waals surface area contributed by atoms with Crippen LogP contribution in [0.15, 0.2) is 18.2 Å². The zero-order valence-electron chi connectivity index (χ0n) is 14.4. The van der Waals surface area contributed by atoms with Crippen LogP contribution in [0.1, 0.15) is 22.3 Å². The molecular formula is C15H9F13O3. The smallest absolute Gasteiger partial charge is 0.460 e. The number of carboxylic acids is 1. The second-order valence-corrected chi connectivity index (χ2v) is 6.12. The van der Waals surface area contributed by atoms with Gasteiger partial charge in [0, 0.05) is 6.42 Å². The fourth-order valence-electron chi connectivity index (χ4n) is 2.22. The number of carboxylic acid groups (broad SMARTS) is 1. The fraction of sp³-hybridized carbons (Fsp3) is 0.533. The van der Waals surface area contributed by atoms with Crippen molar-refractivity contribution < 1.29 is 72.1 Å². The van der Waals surface area contributed by atoms with Crippen LogP contribution in [0.25, 0.3) is 0 Å². The Bertz CT molecular complexity index is 830. The zero-order valence-corrected chi connectivity index (χ0v) is 14.4. The average molecular weight is 484 g/mol. The number of halogens is 13. The Morgan fingerprint density at radius 2 is 1.19 bits per heavy atom. The third-order valence-electron chi connectivity index (χ3n) is 4.06. The van der Waals surface area contributed by atoms with Gasteiger partial charge in [-0.25, -0.2) is 4.79 Å². The SMILES string of the molecule is O=C(O)c1cccc(CCC(F)(F)C(F)(F)C(F)(F)C(F)(F)C(F)(F)C(F)(F)F)c1O. The lowest BCUT2D eigenvalue weighted by atomic mass is 9.91. The third kappa shape index (κ3) is 4.07. The highest BCUT2D eigenvalue weighted by atomic mass is 19.4. The molecule has 0 aliphatic rings. The minimum absolute atomic E-state index is 0.653. The van der Waals surface area contributed by atoms with Crippen molar-refractivity contribution in [2.75, 3.05) is 0 Å². The molecule has 16 heteroatoms. The molecule has 0 fully saturated rings. The molecule has 2 N–H and O–H groups in total. The molecule has 0 atom stereocenters. The summed E-state index contributed by atoms with van der Waals surface area (Å²) in [6, 6.07) is 2.16. The van der Waals surface area contributed by atoms with E-state index in [2.05, 4.69) is 0 Å². The highest BCUT2D eigenvalue weighted by molar-refractivity contribution is 5.91. The Kier molecular flexibility index (Phi) is 6.54. The van der Waals surface area contributed by atoms with Gasteiger partial charge in [0.15, 0.2) is 0 Å². The van der Waals surface area contributed by atoms with Crippen LogP contribution >= 0.6 is 0 Å². The van der Waals surface area contributed by atoms with Gasteiger partial charge in [-0.05, 0) is 18.1 Å². The number of aryl methyl sites for hydroxylation is 1. The van der Waals surface area contributed by atoms with Gasteiger partial charge in [0.05, 0.1) is 0 Å². The fourth-order valence-corrected chi connectivity index (χ4v) is 2.22. The van der Waals surface area contributed by atoms with Crippen molar-refractivity contribution in [1.82, 2.24) is 0 Å². The Balaban J connectivity index is 3.32. The summed E-state index contributed by atoms with van der Waals surface area (Å²) in [6.45, 7) is 0. The monoisotopic (exact) mass is 484 g/mol. The van der Waals surface area contributed by atoms with Crippen LogP contribution in [0.5, 0.6) is 5.75 Å². The van der Waals surface area contributed by atoms with Crippen LogP contribution in [0, 0.1) is 0 Å². The summed E-state index contributed by atoms with van der Waals surface area (Å²) in [5.41, 5.74) is -1.82. The molecule has 1 aromatic rings. The summed E-state index contributed by atoms with van der Waals surface area (Å²) in [7, 11) is 0. The van der Waals surface area contributed by atoms with Crippen LogP contribution in [0.4, 0.5) is 57.1 Å². The minimum atomic E-state index is -7.99. The van der Waals surface area contributed by atoms with Crippen LogP contribution in [-0.2, 0) is 6.42 Å². The Morgan fingerprint density at radius 1 is 0.742 bits per heavy atom. The molecule has 0 aromatic heterocycles. The first kappa shape index (κ1) is 26.6. The van der Waals surface area contributed by atoms with E-state index in [0.29, 0.717) is 12.1 Å². The Hall–Kier alpha value is -2.42. The molecule has 0 radical (unpaired) electrons. The molecule has 0 saturated carbocycles. The van der Waals surface area contributed by atoms with Crippen molar-refractivity contribution in [1.29, 1.82) is 0 Å². The van der Waals surface area contributed by atoms with Gasteiger partial charge in [0.1, 0.15) is 11.3 Å². The number of hydrogen-bond donors (Lipinski definition) is 2. The largest absolute Gasteiger partial charge is 0.507 e. The topological polar surface area (TPSA) is 57.5 Å². The quantitative estimate of drug-likeness (QED) is 0.462. The standard InChI is InChI=1S/C15H9F13O3/c16-10(17,5-4-6-2-1-3-7(8(6)29)9(30)31)11(18,19)12(20,21)13(22,23)14(24,25)15(26,27)28/h1-3,29H,4-5H2,(H,30,31). The maximum Gasteiger partial charge on any atom is 0.460 e. The van der Waals surface area contributed by atoms with E-state index in [1.165, 1.54) is 0 Å². The van der Waals surface area contributed by atoms with E-state index in [9.17, 15) is 67.0 Å². The summed E-state index contributed by atoms with van der Waals surface area (Å²) in [5, 5.41) is 18.3. The Morgan fingerprint density at radius 3 is 1.61 bits per heavy atom. The summed E-state index contributed by atoms with van der Waals surface area (Å²) in [4.78, 5) is 10.8. The molecule has 1 rings (SSSR count). The molecule has 0 spiro atoms. The molecular weight excluding hydrogens is 475 g/mol. The van der Waals surface area contributed by atoms with Gasteiger partial charge in [0.2, 0.25) is 0 Å². The van der Waals surface area contributed by atoms with Crippen molar-refractivity contribution in [3.63, 3.8) is 0 Å². The number of alkyl halides is 13. The van der Waals surface area contributed by atoms with E-state index >= 15 is 0 Å². The molecule has 0 amide bonds. The van der Waals surface area contributed by atoms with Gasteiger partial charge in [-0.3, -0.25) is 0 Å². The molecule has 0 aliphatic heterocycles. The molecule has 0 aliphatic carbocycles. The molecule has 0 unspecified atom stereocenters. The first-order valence-corrected chi connectivity index (χ1v) is 7.56. The highest BCUT2D eigenvalue weighted by Crippen LogP contribution is 2.60. The summed E-state index contributed by atoms with van der Waals surface area (Å²) < 4.78 is 169. The summed E-state index contributed by atoms with van der Waals surface area (Å²) in [5.74, 6) is -40.6. The van der Waals surface area contributed by atoms with Crippen molar-refractivity contribution in [3.05, 3.63) is 29.3 Å². The first-order chi connectivity index (χ1) is 13.6. The van der Waals surface area contributed by atoms with Crippen LogP contribution in [0.3, 0.4) is 0 Å². The van der Waals surface area contributed by atoms with Crippen molar-refractivity contribution in [3.8, 4) is 5.75 Å². The lowest BCUT2D eigenvalue weighted by molar-refractivity contribution is -0.440. The van der Waals surface area contributed by atoms with Gasteiger partial charge in [0.25, 0.3) is 0 Å². The Labute approximate surface area is 163 Å². The van der Waals surface area contributed by atoms with E-state index in [1.54, 1.807) is 0 Å². The lowest BCUT2D eigenvalue weighted by Gasteiger charge is -2.39. The highest BCUT2D eigenvalue weighted by Gasteiger charge is 2.90. The van der Waals surface area contributed by atoms with Crippen molar-refractivity contribution in [2.24, 2.45) is 0 Å². The predicted molar refractivity (Wildman–Crippen MR) is 74.2 cm³/mol. The maximum atomic E-state index is 13.7. The molecule has 31 heavy (non-hydrogen) atoms. The second-order valence-electron chi connectivity index (χ2n) is 6.12. The van der Waals surface area contributed by atoms with Crippen molar-refractivity contribution in [2.45, 2.75) is 48.6 Å². The molecule has 0 saturated heterocycles. The molecule has 178 valence electrons. The van der Waals surface area contributed by atoms with E-state index in [-0.39, 0.29) is 0 Å². The summed E-state index contributed by atoms with van der Waals surface area (Å²) in [6.07, 6.45) is -11.6. The number of hydrogen-bond acceptors (Lipinski definition) is 2. The van der Waals surface area contributed by atoms with Gasteiger partial charge in [-0.15, -0.1) is 0 Å². The van der Waals surface area contributed by atoms with E-state index in [0.717, 1.165) is 6.07 Å². The molecule has 0 heterocycles. The average Bonchev–Trinajstić information content (AvgIpc) is 2.58. The molecule has 3 nitrogen and oxygen atoms in total. The normalized spacial score (nSPS) is 14.6. The van der Waals surface area contributed by atoms with Gasteiger partial charge in [-0.2, -0.15) is 57.1 Å². The van der Waals surface area contributed by atoms with E-state index in [4.69, 9.17) is 5.11 Å². The molecule has 0 bridgehead atoms. The maximum absolute atomic E-state index is 13.7. The number of rotatable bonds is 8. The zero-order chi connectivity index (χ0) is 24.8. The first-order valence-electron chi connectivity index (χ1n) is 7.56. The van der Waals surface area contributed by atoms with Gasteiger partial charge in [-0.1, -0.05) is 12.1 Å². The van der Waals surface area contributed by atoms with Crippen LogP contribution < -0.4 is 0 Å². The number of aromatic hydroxyl groups is 1. The number of benzene rings is 1. The van der Waals surface area contributed by atoms with E-state index in [1.807, 2.05) is 0 Å². The van der Waals surface area contributed by atoms with Gasteiger partial charge >= 0.3 is 41.8 Å². The lowest BCUT2D eigenvalue weighted by Crippen LogP contribution is -2.70. The minimum Gasteiger partial charge on any atom is -0.507 e. The van der Waals surface area contributed by atoms with E-state index < -0.39 is 71.5 Å². The van der Waals surface area contributed by atoms with Crippen molar-refractivity contribution >= 4 is 5.97 Å². The predicted octanol–water partition coefficient (Wildman–Crippen LogP) is 5.76. The molecule has 1 aromatic carbocycles. The number of aromatic carboxylic acids is 1. The number of para-hydroxylation sites is 1. The summed E-state index contributed by atoms with van der Waals surface area (Å²) >= 11 is 0. The second kappa shape index (κ2) is 7.62. The third-order valence-corrected chi connectivity index (χ3v) is 4.06.